The summed E-state index contributed by atoms with van der Waals surface area (Å²) in [7, 11) is -2.14. The quantitative estimate of drug-likeness (QED) is 0.799. The number of carbonyl (C=O) groups is 1. The van der Waals surface area contributed by atoms with E-state index in [1.807, 2.05) is 31.2 Å². The summed E-state index contributed by atoms with van der Waals surface area (Å²) in [5.74, 6) is -0.199. The minimum absolute atomic E-state index is 0.0737. The van der Waals surface area contributed by atoms with E-state index in [1.54, 1.807) is 0 Å². The van der Waals surface area contributed by atoms with Gasteiger partial charge in [-0.3, -0.25) is 4.79 Å². The number of hydrogen-bond acceptors (Lipinski definition) is 4. The SMILES string of the molecule is COc1ccc(S(=O)(=O)CCC(=O)NCc2ccc(C)cc2)cc1Cl. The van der Waals surface area contributed by atoms with Gasteiger partial charge in [-0.05, 0) is 30.7 Å². The molecule has 1 N–H and O–H groups in total. The number of ether oxygens (including phenoxy) is 1. The Bertz CT molecular complexity index is 848. The molecule has 0 aromatic heterocycles. The Labute approximate surface area is 152 Å². The maximum Gasteiger partial charge on any atom is 0.221 e. The van der Waals surface area contributed by atoms with Crippen LogP contribution in [0.2, 0.25) is 5.02 Å². The Kier molecular flexibility index (Phi) is 6.45. The van der Waals surface area contributed by atoms with E-state index in [-0.39, 0.29) is 28.0 Å². The molecule has 0 atom stereocenters. The largest absolute Gasteiger partial charge is 0.495 e. The highest BCUT2D eigenvalue weighted by atomic mass is 35.5. The molecule has 134 valence electrons. The van der Waals surface area contributed by atoms with Crippen LogP contribution in [0.25, 0.3) is 0 Å². The summed E-state index contributed by atoms with van der Waals surface area (Å²) in [6.07, 6.45) is -0.113. The van der Waals surface area contributed by atoms with E-state index < -0.39 is 9.84 Å². The summed E-state index contributed by atoms with van der Waals surface area (Å²) in [6, 6.07) is 12.0. The topological polar surface area (TPSA) is 72.5 Å². The third kappa shape index (κ3) is 5.47. The molecule has 0 fully saturated rings. The van der Waals surface area contributed by atoms with Crippen LogP contribution in [0.1, 0.15) is 17.5 Å². The van der Waals surface area contributed by atoms with E-state index in [0.29, 0.717) is 12.3 Å². The Hall–Kier alpha value is -2.05. The van der Waals surface area contributed by atoms with Crippen molar-refractivity contribution in [1.82, 2.24) is 5.32 Å². The smallest absolute Gasteiger partial charge is 0.221 e. The predicted molar refractivity (Wildman–Crippen MR) is 97.7 cm³/mol. The Morgan fingerprint density at radius 2 is 1.84 bits per heavy atom. The minimum atomic E-state index is -3.59. The molecule has 0 aliphatic rings. The van der Waals surface area contributed by atoms with Gasteiger partial charge >= 0.3 is 0 Å². The first-order valence-electron chi connectivity index (χ1n) is 7.70. The number of carbonyl (C=O) groups excluding carboxylic acids is 1. The summed E-state index contributed by atoms with van der Waals surface area (Å²) < 4.78 is 29.6. The Morgan fingerprint density at radius 3 is 2.44 bits per heavy atom. The van der Waals surface area contributed by atoms with Crippen molar-refractivity contribution in [3.8, 4) is 5.75 Å². The van der Waals surface area contributed by atoms with E-state index in [4.69, 9.17) is 16.3 Å². The van der Waals surface area contributed by atoms with Crippen LogP contribution in [0, 0.1) is 6.92 Å². The predicted octanol–water partition coefficient (Wildman–Crippen LogP) is 3.14. The number of nitrogens with one attached hydrogen (secondary N) is 1. The van der Waals surface area contributed by atoms with Crippen LogP contribution in [-0.2, 0) is 21.2 Å². The van der Waals surface area contributed by atoms with Crippen molar-refractivity contribution in [3.05, 3.63) is 58.6 Å². The number of rotatable bonds is 7. The van der Waals surface area contributed by atoms with Gasteiger partial charge < -0.3 is 10.1 Å². The average Bonchev–Trinajstić information content (AvgIpc) is 2.59. The molecular formula is C18H20ClNO4S. The van der Waals surface area contributed by atoms with Crippen molar-refractivity contribution >= 4 is 27.3 Å². The van der Waals surface area contributed by atoms with Gasteiger partial charge in [0.25, 0.3) is 0 Å². The van der Waals surface area contributed by atoms with Crippen LogP contribution in [-0.4, -0.2) is 27.2 Å². The van der Waals surface area contributed by atoms with Gasteiger partial charge in [-0.15, -0.1) is 0 Å². The third-order valence-electron chi connectivity index (χ3n) is 3.69. The molecule has 5 nitrogen and oxygen atoms in total. The molecule has 0 saturated carbocycles. The fourth-order valence-corrected chi connectivity index (χ4v) is 3.77. The normalized spacial score (nSPS) is 11.2. The molecule has 0 aliphatic carbocycles. The van der Waals surface area contributed by atoms with Gasteiger partial charge in [0.05, 0.1) is 22.8 Å². The molecule has 0 bridgehead atoms. The van der Waals surface area contributed by atoms with E-state index in [1.165, 1.54) is 25.3 Å². The van der Waals surface area contributed by atoms with Crippen LogP contribution in [0.3, 0.4) is 0 Å². The zero-order valence-corrected chi connectivity index (χ0v) is 15.7. The molecular weight excluding hydrogens is 362 g/mol. The van der Waals surface area contributed by atoms with E-state index in [9.17, 15) is 13.2 Å². The van der Waals surface area contributed by atoms with Crippen molar-refractivity contribution in [3.63, 3.8) is 0 Å². The van der Waals surface area contributed by atoms with Gasteiger partial charge in [-0.1, -0.05) is 41.4 Å². The number of benzene rings is 2. The van der Waals surface area contributed by atoms with Crippen molar-refractivity contribution in [2.24, 2.45) is 0 Å². The van der Waals surface area contributed by atoms with Crippen LogP contribution < -0.4 is 10.1 Å². The number of sulfone groups is 1. The monoisotopic (exact) mass is 381 g/mol. The summed E-state index contributed by atoms with van der Waals surface area (Å²) in [6.45, 7) is 2.35. The first-order chi connectivity index (χ1) is 11.8. The zero-order valence-electron chi connectivity index (χ0n) is 14.1. The third-order valence-corrected chi connectivity index (χ3v) is 5.70. The van der Waals surface area contributed by atoms with Crippen LogP contribution in [0.15, 0.2) is 47.4 Å². The van der Waals surface area contributed by atoms with Gasteiger partial charge in [0.15, 0.2) is 9.84 Å². The van der Waals surface area contributed by atoms with E-state index in [0.717, 1.165) is 11.1 Å². The van der Waals surface area contributed by atoms with Crippen LogP contribution in [0.5, 0.6) is 5.75 Å². The van der Waals surface area contributed by atoms with E-state index in [2.05, 4.69) is 5.32 Å². The molecule has 2 rings (SSSR count). The standard InChI is InChI=1S/C18H20ClNO4S/c1-13-3-5-14(6-4-13)12-20-18(21)9-10-25(22,23)15-7-8-17(24-2)16(19)11-15/h3-8,11H,9-10,12H2,1-2H3,(H,20,21). The highest BCUT2D eigenvalue weighted by molar-refractivity contribution is 7.91. The van der Waals surface area contributed by atoms with Crippen molar-refractivity contribution < 1.29 is 17.9 Å². The van der Waals surface area contributed by atoms with Gasteiger partial charge in [-0.25, -0.2) is 8.42 Å². The Balaban J connectivity index is 1.91. The van der Waals surface area contributed by atoms with Crippen molar-refractivity contribution in [2.45, 2.75) is 24.8 Å². The lowest BCUT2D eigenvalue weighted by molar-refractivity contribution is -0.120. The first kappa shape index (κ1) is 19.3. The highest BCUT2D eigenvalue weighted by Gasteiger charge is 2.18. The molecule has 0 unspecified atom stereocenters. The molecule has 2 aromatic rings. The van der Waals surface area contributed by atoms with Crippen molar-refractivity contribution in [1.29, 1.82) is 0 Å². The average molecular weight is 382 g/mol. The molecule has 0 aliphatic heterocycles. The molecule has 25 heavy (non-hydrogen) atoms. The molecule has 0 heterocycles. The molecule has 1 amide bonds. The lowest BCUT2D eigenvalue weighted by atomic mass is 10.1. The van der Waals surface area contributed by atoms with Gasteiger partial charge in [0, 0.05) is 13.0 Å². The lowest BCUT2D eigenvalue weighted by Crippen LogP contribution is -2.25. The van der Waals surface area contributed by atoms with E-state index >= 15 is 0 Å². The maximum absolute atomic E-state index is 12.3. The van der Waals surface area contributed by atoms with Gasteiger partial charge in [-0.2, -0.15) is 0 Å². The summed E-state index contributed by atoms with van der Waals surface area (Å²) in [4.78, 5) is 12.0. The second kappa shape index (κ2) is 8.36. The minimum Gasteiger partial charge on any atom is -0.495 e. The number of methoxy groups -OCH3 is 1. The van der Waals surface area contributed by atoms with Gasteiger partial charge in [0.1, 0.15) is 5.75 Å². The first-order valence-corrected chi connectivity index (χ1v) is 9.73. The lowest BCUT2D eigenvalue weighted by Gasteiger charge is -2.08. The fourth-order valence-electron chi connectivity index (χ4n) is 2.18. The fraction of sp³-hybridized carbons (Fsp3) is 0.278. The zero-order chi connectivity index (χ0) is 18.4. The molecule has 0 spiro atoms. The number of amides is 1. The Morgan fingerprint density at radius 1 is 1.16 bits per heavy atom. The highest BCUT2D eigenvalue weighted by Crippen LogP contribution is 2.27. The van der Waals surface area contributed by atoms with Gasteiger partial charge in [0.2, 0.25) is 5.91 Å². The van der Waals surface area contributed by atoms with Crippen molar-refractivity contribution in [2.75, 3.05) is 12.9 Å². The molecule has 2 aromatic carbocycles. The number of halogens is 1. The summed E-state index contributed by atoms with van der Waals surface area (Å²) >= 11 is 5.96. The number of aryl methyl sites for hydroxylation is 1. The molecule has 7 heteroatoms. The molecule has 0 saturated heterocycles. The maximum atomic E-state index is 12.3. The van der Waals surface area contributed by atoms with Crippen LogP contribution in [0.4, 0.5) is 0 Å². The second-order valence-electron chi connectivity index (χ2n) is 5.63. The molecule has 0 radical (unpaired) electrons. The second-order valence-corrected chi connectivity index (χ2v) is 8.14. The number of hydrogen-bond donors (Lipinski definition) is 1. The van der Waals surface area contributed by atoms with Crippen LogP contribution >= 0.6 is 11.6 Å². The summed E-state index contributed by atoms with van der Waals surface area (Å²) in [5, 5.41) is 2.94. The summed E-state index contributed by atoms with van der Waals surface area (Å²) in [5.41, 5.74) is 2.10.